The van der Waals surface area contributed by atoms with Crippen LogP contribution in [-0.4, -0.2) is 0 Å². The van der Waals surface area contributed by atoms with E-state index in [-0.39, 0.29) is 4.32 Å². The van der Waals surface area contributed by atoms with Gasteiger partial charge in [-0.05, 0) is 18.4 Å². The predicted molar refractivity (Wildman–Crippen MR) is 55.4 cm³/mol. The zero-order valence-corrected chi connectivity index (χ0v) is 8.42. The monoisotopic (exact) mass is 222 g/mol. The number of benzene rings is 1. The third-order valence-electron chi connectivity index (χ3n) is 2.34. The molecule has 0 nitrogen and oxygen atoms in total. The average Bonchev–Trinajstić information content (AvgIpc) is 2.55. The summed E-state index contributed by atoms with van der Waals surface area (Å²) >= 11 is 3.79. The molecule has 0 spiro atoms. The lowest BCUT2D eigenvalue weighted by Crippen LogP contribution is -2.12. The largest absolute Gasteiger partial charge is 0.0867 e. The van der Waals surface area contributed by atoms with Gasteiger partial charge in [-0.2, -0.15) is 0 Å². The van der Waals surface area contributed by atoms with Crippen LogP contribution < -0.4 is 0 Å². The predicted octanol–water partition coefficient (Wildman–Crippen LogP) is 3.63. The molecule has 0 bridgehead atoms. The number of alkyl halides is 1. The van der Waals surface area contributed by atoms with E-state index in [1.54, 1.807) is 0 Å². The second-order valence-electron chi connectivity index (χ2n) is 3.21. The van der Waals surface area contributed by atoms with E-state index in [4.69, 9.17) is 0 Å². The number of hydrogen-bond donors (Lipinski definition) is 0. The van der Waals surface area contributed by atoms with Crippen molar-refractivity contribution in [3.63, 3.8) is 0 Å². The fourth-order valence-corrected chi connectivity index (χ4v) is 2.23. The summed E-state index contributed by atoms with van der Waals surface area (Å²) in [6, 6.07) is 10.6. The fourth-order valence-electron chi connectivity index (χ4n) is 1.60. The summed E-state index contributed by atoms with van der Waals surface area (Å²) in [6.45, 7) is 0. The van der Waals surface area contributed by atoms with E-state index in [1.807, 2.05) is 0 Å². The van der Waals surface area contributed by atoms with Gasteiger partial charge in [-0.1, -0.05) is 58.4 Å². The third kappa shape index (κ3) is 1.34. The second kappa shape index (κ2) is 3.06. The van der Waals surface area contributed by atoms with Crippen molar-refractivity contribution in [1.82, 2.24) is 0 Å². The first-order valence-electron chi connectivity index (χ1n) is 4.21. The minimum absolute atomic E-state index is 0.189. The van der Waals surface area contributed by atoms with Crippen molar-refractivity contribution in [3.05, 3.63) is 48.0 Å². The molecular weight excluding hydrogens is 212 g/mol. The van der Waals surface area contributed by atoms with E-state index in [9.17, 15) is 0 Å². The first kappa shape index (κ1) is 8.06. The molecule has 0 atom stereocenters. The molecule has 0 aromatic heterocycles. The highest BCUT2D eigenvalue weighted by Gasteiger charge is 2.28. The van der Waals surface area contributed by atoms with Crippen LogP contribution in [0.1, 0.15) is 18.4 Å². The fraction of sp³-hybridized carbons (Fsp3) is 0.273. The molecule has 1 aromatic carbocycles. The molecule has 1 aliphatic rings. The molecule has 1 aromatic rings. The number of hydrogen-bond acceptors (Lipinski definition) is 0. The Balaban J connectivity index is 2.31. The van der Waals surface area contributed by atoms with Crippen molar-refractivity contribution in [3.8, 4) is 0 Å². The van der Waals surface area contributed by atoms with Crippen molar-refractivity contribution in [2.45, 2.75) is 17.2 Å². The Hall–Kier alpha value is -0.560. The standard InChI is InChI=1S/C11H11Br/c12-11(8-4-5-9-11)10-6-2-1-3-7-10/h1-7H,8-9H2. The lowest BCUT2D eigenvalue weighted by atomic mass is 9.97. The molecule has 1 heteroatoms. The van der Waals surface area contributed by atoms with Crippen LogP contribution in [0, 0.1) is 0 Å². The average molecular weight is 223 g/mol. The quantitative estimate of drug-likeness (QED) is 0.503. The molecule has 0 unspecified atom stereocenters. The van der Waals surface area contributed by atoms with Gasteiger partial charge in [-0.15, -0.1) is 0 Å². The molecule has 1 aliphatic carbocycles. The van der Waals surface area contributed by atoms with Crippen LogP contribution in [0.2, 0.25) is 0 Å². The molecule has 0 N–H and O–H groups in total. The number of allylic oxidation sites excluding steroid dienone is 2. The Bertz CT molecular complexity index is 279. The Morgan fingerprint density at radius 3 is 2.17 bits per heavy atom. The molecule has 62 valence electrons. The minimum atomic E-state index is 0.189. The van der Waals surface area contributed by atoms with E-state index >= 15 is 0 Å². The van der Waals surface area contributed by atoms with Crippen molar-refractivity contribution < 1.29 is 0 Å². The van der Waals surface area contributed by atoms with Gasteiger partial charge in [-0.3, -0.25) is 0 Å². The zero-order valence-electron chi connectivity index (χ0n) is 6.83. The van der Waals surface area contributed by atoms with Gasteiger partial charge in [0.15, 0.2) is 0 Å². The lowest BCUT2D eigenvalue weighted by Gasteiger charge is -2.21. The molecular formula is C11H11Br. The van der Waals surface area contributed by atoms with E-state index in [1.165, 1.54) is 5.56 Å². The number of rotatable bonds is 1. The van der Waals surface area contributed by atoms with Gasteiger partial charge in [0, 0.05) is 0 Å². The first-order chi connectivity index (χ1) is 5.81. The van der Waals surface area contributed by atoms with Gasteiger partial charge >= 0.3 is 0 Å². The summed E-state index contributed by atoms with van der Waals surface area (Å²) < 4.78 is 0.189. The summed E-state index contributed by atoms with van der Waals surface area (Å²) in [4.78, 5) is 0. The normalized spacial score (nSPS) is 19.8. The van der Waals surface area contributed by atoms with Gasteiger partial charge in [-0.25, -0.2) is 0 Å². The Morgan fingerprint density at radius 1 is 1.00 bits per heavy atom. The highest BCUT2D eigenvalue weighted by atomic mass is 79.9. The summed E-state index contributed by atoms with van der Waals surface area (Å²) in [5.74, 6) is 0. The molecule has 2 rings (SSSR count). The molecule has 0 radical (unpaired) electrons. The maximum absolute atomic E-state index is 3.79. The zero-order chi connectivity index (χ0) is 8.44. The first-order valence-corrected chi connectivity index (χ1v) is 5.00. The van der Waals surface area contributed by atoms with Gasteiger partial charge in [0.05, 0.1) is 4.32 Å². The minimum Gasteiger partial charge on any atom is -0.0867 e. The van der Waals surface area contributed by atoms with Crippen LogP contribution in [0.25, 0.3) is 0 Å². The lowest BCUT2D eigenvalue weighted by molar-refractivity contribution is 0.697. The van der Waals surface area contributed by atoms with E-state index < -0.39 is 0 Å². The maximum atomic E-state index is 3.79. The van der Waals surface area contributed by atoms with Crippen LogP contribution in [0.15, 0.2) is 42.5 Å². The molecule has 0 saturated heterocycles. The maximum Gasteiger partial charge on any atom is 0.0574 e. The molecule has 12 heavy (non-hydrogen) atoms. The highest BCUT2D eigenvalue weighted by molar-refractivity contribution is 9.09. The van der Waals surface area contributed by atoms with Crippen molar-refractivity contribution in [1.29, 1.82) is 0 Å². The Kier molecular flexibility index (Phi) is 2.05. The SMILES string of the molecule is BrC1(c2ccccc2)CC=CC1. The molecule has 0 saturated carbocycles. The van der Waals surface area contributed by atoms with Gasteiger partial charge < -0.3 is 0 Å². The van der Waals surface area contributed by atoms with Crippen LogP contribution in [0.3, 0.4) is 0 Å². The summed E-state index contributed by atoms with van der Waals surface area (Å²) in [7, 11) is 0. The van der Waals surface area contributed by atoms with E-state index in [2.05, 4.69) is 58.4 Å². The van der Waals surface area contributed by atoms with Crippen LogP contribution >= 0.6 is 15.9 Å². The Morgan fingerprint density at radius 2 is 1.58 bits per heavy atom. The number of halogens is 1. The summed E-state index contributed by atoms with van der Waals surface area (Å²) in [5, 5.41) is 0. The van der Waals surface area contributed by atoms with Gasteiger partial charge in [0.25, 0.3) is 0 Å². The Labute approximate surface area is 81.4 Å². The molecule has 0 fully saturated rings. The molecule has 0 heterocycles. The van der Waals surface area contributed by atoms with Crippen molar-refractivity contribution in [2.24, 2.45) is 0 Å². The van der Waals surface area contributed by atoms with Crippen LogP contribution in [0.5, 0.6) is 0 Å². The summed E-state index contributed by atoms with van der Waals surface area (Å²) in [6.07, 6.45) is 6.69. The van der Waals surface area contributed by atoms with E-state index in [0.717, 1.165) is 12.8 Å². The van der Waals surface area contributed by atoms with Crippen molar-refractivity contribution >= 4 is 15.9 Å². The smallest absolute Gasteiger partial charge is 0.0574 e. The molecule has 0 amide bonds. The van der Waals surface area contributed by atoms with Gasteiger partial charge in [0.2, 0.25) is 0 Å². The van der Waals surface area contributed by atoms with Crippen LogP contribution in [-0.2, 0) is 4.32 Å². The molecule has 0 aliphatic heterocycles. The topological polar surface area (TPSA) is 0 Å². The highest BCUT2D eigenvalue weighted by Crippen LogP contribution is 2.42. The van der Waals surface area contributed by atoms with Gasteiger partial charge in [0.1, 0.15) is 0 Å². The second-order valence-corrected chi connectivity index (χ2v) is 4.73. The summed E-state index contributed by atoms with van der Waals surface area (Å²) in [5.41, 5.74) is 1.38. The van der Waals surface area contributed by atoms with Crippen molar-refractivity contribution in [2.75, 3.05) is 0 Å². The van der Waals surface area contributed by atoms with E-state index in [0.29, 0.717) is 0 Å². The third-order valence-corrected chi connectivity index (χ3v) is 3.45. The van der Waals surface area contributed by atoms with Crippen LogP contribution in [0.4, 0.5) is 0 Å².